The van der Waals surface area contributed by atoms with Crippen molar-refractivity contribution in [2.75, 3.05) is 18.4 Å². The Kier molecular flexibility index (Phi) is 4.27. The number of carbonyl (C=O) groups excluding carboxylic acids is 1. The van der Waals surface area contributed by atoms with Gasteiger partial charge in [0.2, 0.25) is 0 Å². The summed E-state index contributed by atoms with van der Waals surface area (Å²) in [6.45, 7) is 1.74. The zero-order chi connectivity index (χ0) is 11.5. The molecular weight excluding hydrogens is 310 g/mol. The van der Waals surface area contributed by atoms with E-state index in [0.717, 1.165) is 31.3 Å². The lowest BCUT2D eigenvalue weighted by atomic mass is 10.1. The average molecular weight is 323 g/mol. The maximum absolute atomic E-state index is 12.1. The number of alkyl halides is 1. The molecule has 2 nitrogen and oxygen atoms in total. The van der Waals surface area contributed by atoms with Gasteiger partial charge in [-0.2, -0.15) is 0 Å². The van der Waals surface area contributed by atoms with E-state index in [4.69, 9.17) is 11.6 Å². The highest BCUT2D eigenvalue weighted by atomic mass is 79.9. The summed E-state index contributed by atoms with van der Waals surface area (Å²) < 4.78 is 0. The first kappa shape index (κ1) is 12.4. The van der Waals surface area contributed by atoms with Crippen LogP contribution in [0.1, 0.15) is 22.5 Å². The van der Waals surface area contributed by atoms with Crippen molar-refractivity contribution < 1.29 is 4.79 Å². The van der Waals surface area contributed by atoms with Crippen LogP contribution in [-0.2, 0) is 0 Å². The lowest BCUT2D eigenvalue weighted by Gasteiger charge is -2.15. The fourth-order valence-electron chi connectivity index (χ4n) is 2.00. The number of carbonyl (C=O) groups is 1. The molecule has 0 radical (unpaired) electrons. The number of likely N-dealkylation sites (tertiary alicyclic amines) is 1. The molecule has 1 aromatic heterocycles. The summed E-state index contributed by atoms with van der Waals surface area (Å²) in [4.78, 5) is 14.7. The first-order valence-electron chi connectivity index (χ1n) is 5.30. The molecule has 1 aliphatic heterocycles. The van der Waals surface area contributed by atoms with Crippen molar-refractivity contribution in [3.63, 3.8) is 0 Å². The fraction of sp³-hybridized carbons (Fsp3) is 0.545. The summed E-state index contributed by atoms with van der Waals surface area (Å²) >= 11 is 10.8. The molecule has 5 heteroatoms. The van der Waals surface area contributed by atoms with E-state index in [9.17, 15) is 4.79 Å². The highest BCUT2D eigenvalue weighted by Gasteiger charge is 2.27. The van der Waals surface area contributed by atoms with Crippen molar-refractivity contribution in [2.24, 2.45) is 5.92 Å². The van der Waals surface area contributed by atoms with Gasteiger partial charge >= 0.3 is 0 Å². The largest absolute Gasteiger partial charge is 0.338 e. The van der Waals surface area contributed by atoms with E-state index in [0.29, 0.717) is 15.8 Å². The van der Waals surface area contributed by atoms with Crippen LogP contribution in [0.25, 0.3) is 0 Å². The lowest BCUT2D eigenvalue weighted by Crippen LogP contribution is -2.28. The number of amides is 1. The van der Waals surface area contributed by atoms with Gasteiger partial charge in [0.05, 0.1) is 5.02 Å². The van der Waals surface area contributed by atoms with Crippen LogP contribution in [0.5, 0.6) is 0 Å². The van der Waals surface area contributed by atoms with Crippen molar-refractivity contribution in [1.29, 1.82) is 0 Å². The van der Waals surface area contributed by atoms with E-state index in [1.54, 1.807) is 6.07 Å². The Morgan fingerprint density at radius 1 is 1.69 bits per heavy atom. The molecule has 1 aromatic rings. The summed E-state index contributed by atoms with van der Waals surface area (Å²) in [5, 5.41) is 3.46. The minimum Gasteiger partial charge on any atom is -0.338 e. The molecule has 1 fully saturated rings. The number of hydrogen-bond acceptors (Lipinski definition) is 2. The molecule has 88 valence electrons. The van der Waals surface area contributed by atoms with Crippen molar-refractivity contribution in [3.05, 3.63) is 21.3 Å². The van der Waals surface area contributed by atoms with E-state index in [1.165, 1.54) is 11.3 Å². The van der Waals surface area contributed by atoms with Crippen molar-refractivity contribution in [2.45, 2.75) is 12.8 Å². The first-order chi connectivity index (χ1) is 7.72. The molecule has 1 amide bonds. The fourth-order valence-corrected chi connectivity index (χ4v) is 3.75. The van der Waals surface area contributed by atoms with E-state index < -0.39 is 0 Å². The van der Waals surface area contributed by atoms with Crippen LogP contribution in [0.15, 0.2) is 11.4 Å². The molecule has 1 aliphatic rings. The molecule has 0 aliphatic carbocycles. The maximum Gasteiger partial charge on any atom is 0.265 e. The Balaban J connectivity index is 2.00. The molecule has 1 saturated heterocycles. The highest BCUT2D eigenvalue weighted by Crippen LogP contribution is 2.27. The van der Waals surface area contributed by atoms with Crippen LogP contribution in [0.4, 0.5) is 0 Å². The predicted octanol–water partition coefficient (Wildman–Crippen LogP) is 3.65. The molecule has 0 saturated carbocycles. The molecular formula is C11H13BrClNOS. The van der Waals surface area contributed by atoms with Gasteiger partial charge in [0, 0.05) is 18.4 Å². The Morgan fingerprint density at radius 3 is 3.12 bits per heavy atom. The third-order valence-corrected chi connectivity index (χ3v) is 4.69. The topological polar surface area (TPSA) is 20.3 Å². The molecule has 0 bridgehead atoms. The monoisotopic (exact) mass is 321 g/mol. The van der Waals surface area contributed by atoms with Gasteiger partial charge in [0.25, 0.3) is 5.91 Å². The molecule has 0 N–H and O–H groups in total. The molecule has 0 aromatic carbocycles. The number of nitrogens with zero attached hydrogens (tertiary/aromatic N) is 1. The Labute approximate surface area is 113 Å². The first-order valence-corrected chi connectivity index (χ1v) is 7.68. The summed E-state index contributed by atoms with van der Waals surface area (Å²) in [5.41, 5.74) is 0. The van der Waals surface area contributed by atoms with E-state index in [1.807, 2.05) is 10.3 Å². The van der Waals surface area contributed by atoms with Crippen LogP contribution in [0.3, 0.4) is 0 Å². The van der Waals surface area contributed by atoms with Gasteiger partial charge in [-0.25, -0.2) is 0 Å². The zero-order valence-corrected chi connectivity index (χ0v) is 11.9. The second-order valence-electron chi connectivity index (χ2n) is 3.98. The third-order valence-electron chi connectivity index (χ3n) is 2.90. The van der Waals surface area contributed by atoms with Crippen LogP contribution in [-0.4, -0.2) is 29.2 Å². The van der Waals surface area contributed by atoms with Crippen molar-refractivity contribution in [1.82, 2.24) is 4.90 Å². The Hall–Kier alpha value is -0.0600. The second kappa shape index (κ2) is 5.52. The molecule has 1 atom stereocenters. The van der Waals surface area contributed by atoms with Gasteiger partial charge in [0.1, 0.15) is 4.88 Å². The van der Waals surface area contributed by atoms with Gasteiger partial charge in [-0.1, -0.05) is 27.5 Å². The molecule has 1 unspecified atom stereocenters. The standard InChI is InChI=1S/C11H13BrClNOS/c12-4-1-8-2-5-14(7-8)11(15)10-9(13)3-6-16-10/h3,6,8H,1-2,4-5,7H2. The van der Waals surface area contributed by atoms with Crippen LogP contribution in [0, 0.1) is 5.92 Å². The molecule has 2 rings (SSSR count). The second-order valence-corrected chi connectivity index (χ2v) is 6.10. The van der Waals surface area contributed by atoms with Gasteiger partial charge in [-0.05, 0) is 30.2 Å². The van der Waals surface area contributed by atoms with Gasteiger partial charge < -0.3 is 4.90 Å². The van der Waals surface area contributed by atoms with Crippen LogP contribution in [0.2, 0.25) is 5.02 Å². The minimum absolute atomic E-state index is 0.0945. The van der Waals surface area contributed by atoms with Gasteiger partial charge in [-0.3, -0.25) is 4.79 Å². The summed E-state index contributed by atoms with van der Waals surface area (Å²) in [6.07, 6.45) is 2.25. The Morgan fingerprint density at radius 2 is 2.50 bits per heavy atom. The van der Waals surface area contributed by atoms with E-state index in [-0.39, 0.29) is 5.91 Å². The van der Waals surface area contributed by atoms with Gasteiger partial charge in [0.15, 0.2) is 0 Å². The predicted molar refractivity (Wildman–Crippen MR) is 71.8 cm³/mol. The molecule has 16 heavy (non-hydrogen) atoms. The number of thiophene rings is 1. The normalized spacial score (nSPS) is 20.4. The summed E-state index contributed by atoms with van der Waals surface area (Å²) in [6, 6.07) is 1.78. The molecule has 0 spiro atoms. The summed E-state index contributed by atoms with van der Waals surface area (Å²) in [7, 11) is 0. The van der Waals surface area contributed by atoms with Crippen LogP contribution < -0.4 is 0 Å². The molecule has 2 heterocycles. The minimum atomic E-state index is 0.0945. The van der Waals surface area contributed by atoms with Crippen LogP contribution >= 0.6 is 38.9 Å². The average Bonchev–Trinajstić information content (AvgIpc) is 2.87. The summed E-state index contributed by atoms with van der Waals surface area (Å²) in [5.74, 6) is 0.735. The van der Waals surface area contributed by atoms with Crippen molar-refractivity contribution in [3.8, 4) is 0 Å². The number of rotatable bonds is 3. The van der Waals surface area contributed by atoms with E-state index in [2.05, 4.69) is 15.9 Å². The number of halogens is 2. The van der Waals surface area contributed by atoms with E-state index >= 15 is 0 Å². The Bertz CT molecular complexity index is 382. The maximum atomic E-state index is 12.1. The third kappa shape index (κ3) is 2.60. The van der Waals surface area contributed by atoms with Crippen molar-refractivity contribution >= 4 is 44.8 Å². The lowest BCUT2D eigenvalue weighted by molar-refractivity contribution is 0.0792. The number of hydrogen-bond donors (Lipinski definition) is 0. The quantitative estimate of drug-likeness (QED) is 0.778. The smallest absolute Gasteiger partial charge is 0.265 e. The SMILES string of the molecule is O=C(c1sccc1Cl)N1CCC(CCBr)C1. The zero-order valence-electron chi connectivity index (χ0n) is 8.79. The highest BCUT2D eigenvalue weighted by molar-refractivity contribution is 9.09. The van der Waals surface area contributed by atoms with Gasteiger partial charge in [-0.15, -0.1) is 11.3 Å².